The lowest BCUT2D eigenvalue weighted by molar-refractivity contribution is 0.111. The van der Waals surface area contributed by atoms with Gasteiger partial charge < -0.3 is 9.67 Å². The number of rotatable bonds is 2. The fraction of sp³-hybridized carbons (Fsp3) is 0.308. The van der Waals surface area contributed by atoms with E-state index in [1.807, 2.05) is 13.0 Å². The van der Waals surface area contributed by atoms with Gasteiger partial charge in [0.05, 0.1) is 11.2 Å². The highest BCUT2D eigenvalue weighted by atomic mass is 16.3. The topological polar surface area (TPSA) is 42.2 Å². The molecule has 1 aromatic carbocycles. The first kappa shape index (κ1) is 9.46. The molecule has 1 aliphatic carbocycles. The Kier molecular flexibility index (Phi) is 1.84. The molecule has 0 saturated heterocycles. The summed E-state index contributed by atoms with van der Waals surface area (Å²) in [5.74, 6) is 0.254. The van der Waals surface area contributed by atoms with E-state index in [2.05, 4.69) is 4.57 Å². The molecule has 1 saturated carbocycles. The molecule has 0 unspecified atom stereocenters. The van der Waals surface area contributed by atoms with Crippen LogP contribution >= 0.6 is 0 Å². The lowest BCUT2D eigenvalue weighted by Gasteiger charge is -2.05. The van der Waals surface area contributed by atoms with Gasteiger partial charge in [0.15, 0.2) is 6.29 Å². The molecule has 0 amide bonds. The van der Waals surface area contributed by atoms with Crippen molar-refractivity contribution in [3.63, 3.8) is 0 Å². The summed E-state index contributed by atoms with van der Waals surface area (Å²) in [6.45, 7) is 1.96. The molecular formula is C13H13NO2. The van der Waals surface area contributed by atoms with Crippen LogP contribution in [-0.2, 0) is 0 Å². The first-order valence-electron chi connectivity index (χ1n) is 5.51. The Morgan fingerprint density at radius 2 is 2.19 bits per heavy atom. The maximum atomic E-state index is 11.2. The van der Waals surface area contributed by atoms with Crippen molar-refractivity contribution < 1.29 is 9.90 Å². The lowest BCUT2D eigenvalue weighted by atomic mass is 10.1. The van der Waals surface area contributed by atoms with Crippen LogP contribution in [0.2, 0.25) is 0 Å². The van der Waals surface area contributed by atoms with E-state index in [4.69, 9.17) is 0 Å². The summed E-state index contributed by atoms with van der Waals surface area (Å²) in [5.41, 5.74) is 2.74. The van der Waals surface area contributed by atoms with Gasteiger partial charge in [0.2, 0.25) is 0 Å². The Labute approximate surface area is 93.3 Å². The normalized spacial score (nSPS) is 15.6. The summed E-state index contributed by atoms with van der Waals surface area (Å²) in [6, 6.07) is 5.74. The van der Waals surface area contributed by atoms with Crippen LogP contribution in [0.4, 0.5) is 0 Å². The van der Waals surface area contributed by atoms with Gasteiger partial charge in [-0.3, -0.25) is 4.79 Å². The van der Waals surface area contributed by atoms with Crippen LogP contribution in [0.25, 0.3) is 10.9 Å². The second kappa shape index (κ2) is 3.11. The Hall–Kier alpha value is -1.77. The van der Waals surface area contributed by atoms with Gasteiger partial charge in [0.25, 0.3) is 0 Å². The minimum atomic E-state index is 0.254. The molecule has 82 valence electrons. The van der Waals surface area contributed by atoms with E-state index in [1.54, 1.807) is 12.1 Å². The Balaban J connectivity index is 2.41. The molecule has 1 N–H and O–H groups in total. The molecule has 3 heteroatoms. The Morgan fingerprint density at radius 1 is 1.44 bits per heavy atom. The number of nitrogens with zero attached hydrogens (tertiary/aromatic N) is 1. The quantitative estimate of drug-likeness (QED) is 0.783. The highest BCUT2D eigenvalue weighted by Crippen LogP contribution is 2.41. The average molecular weight is 215 g/mol. The zero-order chi connectivity index (χ0) is 11.3. The second-order valence-electron chi connectivity index (χ2n) is 4.43. The average Bonchev–Trinajstić information content (AvgIpc) is 3.05. The number of phenols is 1. The van der Waals surface area contributed by atoms with Crippen molar-refractivity contribution in [2.45, 2.75) is 25.8 Å². The van der Waals surface area contributed by atoms with Crippen LogP contribution < -0.4 is 0 Å². The van der Waals surface area contributed by atoms with Gasteiger partial charge in [-0.25, -0.2) is 0 Å². The van der Waals surface area contributed by atoms with Crippen molar-refractivity contribution in [1.29, 1.82) is 0 Å². The van der Waals surface area contributed by atoms with E-state index >= 15 is 0 Å². The van der Waals surface area contributed by atoms with E-state index in [-0.39, 0.29) is 5.75 Å². The van der Waals surface area contributed by atoms with Crippen LogP contribution in [-0.4, -0.2) is 16.0 Å². The molecule has 0 spiro atoms. The third-order valence-corrected chi connectivity index (χ3v) is 3.31. The Morgan fingerprint density at radius 3 is 2.81 bits per heavy atom. The zero-order valence-electron chi connectivity index (χ0n) is 9.10. The largest absolute Gasteiger partial charge is 0.508 e. The molecule has 0 aliphatic heterocycles. The van der Waals surface area contributed by atoms with Crippen molar-refractivity contribution in [3.8, 4) is 5.75 Å². The van der Waals surface area contributed by atoms with Gasteiger partial charge in [0.1, 0.15) is 5.75 Å². The number of hydrogen-bond donors (Lipinski definition) is 1. The molecule has 0 radical (unpaired) electrons. The maximum Gasteiger partial charge on any atom is 0.166 e. The second-order valence-corrected chi connectivity index (χ2v) is 4.43. The molecule has 3 rings (SSSR count). The molecule has 1 heterocycles. The molecule has 0 bridgehead atoms. The number of aldehydes is 1. The first-order chi connectivity index (χ1) is 7.72. The van der Waals surface area contributed by atoms with Gasteiger partial charge in [0, 0.05) is 17.5 Å². The summed E-state index contributed by atoms with van der Waals surface area (Å²) in [4.78, 5) is 11.2. The molecule has 1 aliphatic rings. The number of aromatic hydroxyl groups is 1. The molecule has 1 fully saturated rings. The van der Waals surface area contributed by atoms with Crippen molar-refractivity contribution in [2.75, 3.05) is 0 Å². The zero-order valence-corrected chi connectivity index (χ0v) is 9.10. The van der Waals surface area contributed by atoms with Crippen LogP contribution in [0.15, 0.2) is 18.2 Å². The van der Waals surface area contributed by atoms with E-state index in [9.17, 15) is 9.90 Å². The van der Waals surface area contributed by atoms with Crippen LogP contribution in [0.1, 0.15) is 34.9 Å². The Bertz CT molecular complexity index is 579. The number of carbonyl (C=O) groups excluding carboxylic acids is 1. The number of benzene rings is 1. The van der Waals surface area contributed by atoms with Gasteiger partial charge in [-0.15, -0.1) is 0 Å². The third kappa shape index (κ3) is 1.18. The molecular weight excluding hydrogens is 202 g/mol. The molecule has 0 atom stereocenters. The summed E-state index contributed by atoms with van der Waals surface area (Å²) in [6.07, 6.45) is 3.17. The minimum absolute atomic E-state index is 0.254. The van der Waals surface area contributed by atoms with Gasteiger partial charge in [-0.1, -0.05) is 0 Å². The predicted octanol–water partition coefficient (Wildman–Crippen LogP) is 2.80. The third-order valence-electron chi connectivity index (χ3n) is 3.31. The van der Waals surface area contributed by atoms with E-state index in [0.717, 1.165) is 41.3 Å². The lowest BCUT2D eigenvalue weighted by Crippen LogP contribution is -1.99. The van der Waals surface area contributed by atoms with E-state index in [0.29, 0.717) is 6.04 Å². The summed E-state index contributed by atoms with van der Waals surface area (Å²) in [7, 11) is 0. The molecule has 3 nitrogen and oxygen atoms in total. The number of aryl methyl sites for hydroxylation is 1. The highest BCUT2D eigenvalue weighted by Gasteiger charge is 2.28. The highest BCUT2D eigenvalue weighted by molar-refractivity contribution is 5.94. The number of hydrogen-bond acceptors (Lipinski definition) is 2. The van der Waals surface area contributed by atoms with Gasteiger partial charge in [-0.2, -0.15) is 0 Å². The summed E-state index contributed by atoms with van der Waals surface area (Å²) >= 11 is 0. The smallest absolute Gasteiger partial charge is 0.166 e. The first-order valence-corrected chi connectivity index (χ1v) is 5.51. The molecule has 16 heavy (non-hydrogen) atoms. The minimum Gasteiger partial charge on any atom is -0.508 e. The fourth-order valence-corrected chi connectivity index (χ4v) is 2.36. The number of fused-ring (bicyclic) bond motifs is 1. The maximum absolute atomic E-state index is 11.2. The van der Waals surface area contributed by atoms with Crippen LogP contribution in [0.3, 0.4) is 0 Å². The molecule has 1 aromatic heterocycles. The standard InChI is InChI=1S/C13H13NO2/c1-8-11-5-4-10(16)6-12(11)14(9-2-3-9)13(8)7-15/h4-7,9,16H,2-3H2,1H3. The monoisotopic (exact) mass is 215 g/mol. The SMILES string of the molecule is Cc1c(C=O)n(C2CC2)c2cc(O)ccc12. The number of aromatic nitrogens is 1. The van der Waals surface area contributed by atoms with Crippen molar-refractivity contribution >= 4 is 17.2 Å². The van der Waals surface area contributed by atoms with Crippen LogP contribution in [0.5, 0.6) is 5.75 Å². The summed E-state index contributed by atoms with van der Waals surface area (Å²) < 4.78 is 2.07. The van der Waals surface area contributed by atoms with E-state index in [1.165, 1.54) is 0 Å². The van der Waals surface area contributed by atoms with Crippen molar-refractivity contribution in [2.24, 2.45) is 0 Å². The number of carbonyl (C=O) groups is 1. The van der Waals surface area contributed by atoms with Gasteiger partial charge >= 0.3 is 0 Å². The van der Waals surface area contributed by atoms with Crippen molar-refractivity contribution in [3.05, 3.63) is 29.5 Å². The molecule has 2 aromatic rings. The summed E-state index contributed by atoms with van der Waals surface area (Å²) in [5, 5.41) is 10.6. The van der Waals surface area contributed by atoms with Gasteiger partial charge in [-0.05, 0) is 37.5 Å². The van der Waals surface area contributed by atoms with Crippen LogP contribution in [0, 0.1) is 6.92 Å². The fourth-order valence-electron chi connectivity index (χ4n) is 2.36. The van der Waals surface area contributed by atoms with E-state index < -0.39 is 0 Å². The number of phenolic OH excluding ortho intramolecular Hbond substituents is 1. The predicted molar refractivity (Wildman–Crippen MR) is 62.0 cm³/mol. The van der Waals surface area contributed by atoms with Crippen molar-refractivity contribution in [1.82, 2.24) is 4.57 Å².